The number of piperidine rings is 1. The number of amides is 1. The van der Waals surface area contributed by atoms with Gasteiger partial charge in [0.2, 0.25) is 5.91 Å². The van der Waals surface area contributed by atoms with E-state index < -0.39 is 0 Å². The lowest BCUT2D eigenvalue weighted by molar-refractivity contribution is -0.121. The zero-order valence-electron chi connectivity index (χ0n) is 16.6. The van der Waals surface area contributed by atoms with Gasteiger partial charge in [0.25, 0.3) is 0 Å². The molecule has 0 aliphatic carbocycles. The van der Waals surface area contributed by atoms with Crippen LogP contribution in [0.2, 0.25) is 0 Å². The smallest absolute Gasteiger partial charge is 0.228 e. The van der Waals surface area contributed by atoms with E-state index in [0.29, 0.717) is 31.6 Å². The lowest BCUT2D eigenvalue weighted by Gasteiger charge is -2.32. The third-order valence-corrected chi connectivity index (χ3v) is 5.64. The fraction of sp³-hybridized carbons (Fsp3) is 0.409. The highest BCUT2D eigenvalue weighted by atomic mass is 35.5. The molecule has 0 radical (unpaired) electrons. The Morgan fingerprint density at radius 3 is 2.83 bits per heavy atom. The number of hydrogen-bond donors (Lipinski definition) is 2. The summed E-state index contributed by atoms with van der Waals surface area (Å²) in [6.45, 7) is 3.50. The van der Waals surface area contributed by atoms with E-state index in [-0.39, 0.29) is 54.0 Å². The number of halogens is 4. The van der Waals surface area contributed by atoms with Gasteiger partial charge in [0.05, 0.1) is 11.6 Å². The molecule has 1 saturated heterocycles. The average Bonchev–Trinajstić information content (AvgIpc) is 2.70. The lowest BCUT2D eigenvalue weighted by Crippen LogP contribution is -2.40. The zero-order valence-corrected chi connectivity index (χ0v) is 18.3. The largest absolute Gasteiger partial charge is 0.323 e. The van der Waals surface area contributed by atoms with Crippen LogP contribution in [0.15, 0.2) is 36.4 Å². The number of carbonyl (C=O) groups is 1. The summed E-state index contributed by atoms with van der Waals surface area (Å²) in [6.07, 6.45) is 2.31. The van der Waals surface area contributed by atoms with Crippen LogP contribution in [0.3, 0.4) is 0 Å². The summed E-state index contributed by atoms with van der Waals surface area (Å²) < 4.78 is 28.2. The summed E-state index contributed by atoms with van der Waals surface area (Å²) in [5.41, 5.74) is 2.83. The Kier molecular flexibility index (Phi) is 9.04. The van der Waals surface area contributed by atoms with Crippen LogP contribution < -0.4 is 10.6 Å². The molecule has 0 bridgehead atoms. The van der Waals surface area contributed by atoms with Gasteiger partial charge in [-0.3, -0.25) is 9.69 Å². The molecule has 0 spiro atoms. The number of rotatable bonds is 4. The Labute approximate surface area is 188 Å². The summed E-state index contributed by atoms with van der Waals surface area (Å²) in [4.78, 5) is 14.9. The molecule has 8 heteroatoms. The fourth-order valence-electron chi connectivity index (χ4n) is 4.17. The van der Waals surface area contributed by atoms with Gasteiger partial charge >= 0.3 is 0 Å². The van der Waals surface area contributed by atoms with Crippen molar-refractivity contribution in [2.45, 2.75) is 32.4 Å². The number of fused-ring (bicyclic) bond motifs is 1. The highest BCUT2D eigenvalue weighted by Crippen LogP contribution is 2.26. The van der Waals surface area contributed by atoms with E-state index >= 15 is 0 Å². The van der Waals surface area contributed by atoms with E-state index in [9.17, 15) is 13.6 Å². The number of likely N-dealkylation sites (tertiary alicyclic amines) is 1. The van der Waals surface area contributed by atoms with Crippen molar-refractivity contribution < 1.29 is 13.6 Å². The molecule has 2 aliphatic heterocycles. The molecule has 1 atom stereocenters. The summed E-state index contributed by atoms with van der Waals surface area (Å²) >= 11 is 0. The second-order valence-corrected chi connectivity index (χ2v) is 7.68. The van der Waals surface area contributed by atoms with Gasteiger partial charge in [0.15, 0.2) is 0 Å². The summed E-state index contributed by atoms with van der Waals surface area (Å²) in [7, 11) is 0. The van der Waals surface area contributed by atoms with Crippen LogP contribution in [0, 0.1) is 17.6 Å². The second-order valence-electron chi connectivity index (χ2n) is 7.68. The maximum Gasteiger partial charge on any atom is 0.228 e. The van der Waals surface area contributed by atoms with Gasteiger partial charge in [0, 0.05) is 19.6 Å². The maximum absolute atomic E-state index is 14.8. The number of carbonyl (C=O) groups excluding carboxylic acids is 1. The molecule has 1 amide bonds. The fourth-order valence-corrected chi connectivity index (χ4v) is 4.17. The first-order chi connectivity index (χ1) is 13.6. The summed E-state index contributed by atoms with van der Waals surface area (Å²) in [5, 5.41) is 6.03. The Hall–Kier alpha value is -1.73. The molecule has 4 rings (SSSR count). The van der Waals surface area contributed by atoms with Crippen molar-refractivity contribution in [2.24, 2.45) is 5.92 Å². The van der Waals surface area contributed by atoms with Gasteiger partial charge in [-0.05, 0) is 67.2 Å². The van der Waals surface area contributed by atoms with E-state index in [4.69, 9.17) is 0 Å². The summed E-state index contributed by atoms with van der Waals surface area (Å²) in [5.74, 6) is -0.891. The molecule has 1 unspecified atom stereocenters. The van der Waals surface area contributed by atoms with Crippen LogP contribution in [-0.2, 0) is 24.3 Å². The number of nitrogens with one attached hydrogen (secondary N) is 2. The van der Waals surface area contributed by atoms with E-state index in [0.717, 1.165) is 37.1 Å². The molecule has 30 heavy (non-hydrogen) atoms. The molecule has 0 aromatic heterocycles. The first-order valence-electron chi connectivity index (χ1n) is 9.89. The molecule has 2 aromatic carbocycles. The number of anilines is 1. The van der Waals surface area contributed by atoms with Crippen molar-refractivity contribution in [2.75, 3.05) is 25.0 Å². The predicted octanol–water partition coefficient (Wildman–Crippen LogP) is 4.30. The van der Waals surface area contributed by atoms with Gasteiger partial charge in [-0.25, -0.2) is 8.78 Å². The van der Waals surface area contributed by atoms with E-state index in [1.54, 1.807) is 12.1 Å². The van der Waals surface area contributed by atoms with Crippen molar-refractivity contribution in [3.05, 3.63) is 64.7 Å². The normalized spacial score (nSPS) is 18.5. The van der Waals surface area contributed by atoms with Crippen molar-refractivity contribution in [3.8, 4) is 0 Å². The van der Waals surface area contributed by atoms with Crippen LogP contribution in [0.1, 0.15) is 29.5 Å². The van der Waals surface area contributed by atoms with Crippen LogP contribution in [0.4, 0.5) is 14.5 Å². The molecule has 2 heterocycles. The third-order valence-electron chi connectivity index (χ3n) is 5.64. The van der Waals surface area contributed by atoms with E-state index in [1.807, 2.05) is 12.1 Å². The molecule has 4 nitrogen and oxygen atoms in total. The highest BCUT2D eigenvalue weighted by molar-refractivity contribution is 5.93. The molecule has 2 aliphatic rings. The van der Waals surface area contributed by atoms with Crippen molar-refractivity contribution in [1.29, 1.82) is 0 Å². The molecule has 2 N–H and O–H groups in total. The minimum atomic E-state index is -0.306. The molecular weight excluding hydrogens is 431 g/mol. The molecule has 0 saturated carbocycles. The first-order valence-corrected chi connectivity index (χ1v) is 9.89. The average molecular weight is 458 g/mol. The van der Waals surface area contributed by atoms with Gasteiger partial charge in [-0.15, -0.1) is 24.8 Å². The Morgan fingerprint density at radius 2 is 2.03 bits per heavy atom. The van der Waals surface area contributed by atoms with Gasteiger partial charge in [-0.1, -0.05) is 18.2 Å². The van der Waals surface area contributed by atoms with Crippen molar-refractivity contribution in [1.82, 2.24) is 10.2 Å². The quantitative estimate of drug-likeness (QED) is 0.718. The molecular formula is C22H27Cl2F2N3O. The topological polar surface area (TPSA) is 44.4 Å². The van der Waals surface area contributed by atoms with Gasteiger partial charge in [-0.2, -0.15) is 0 Å². The van der Waals surface area contributed by atoms with Crippen LogP contribution in [0.5, 0.6) is 0 Å². The minimum Gasteiger partial charge on any atom is -0.323 e. The highest BCUT2D eigenvalue weighted by Gasteiger charge is 2.27. The van der Waals surface area contributed by atoms with E-state index in [1.165, 1.54) is 12.1 Å². The second kappa shape index (κ2) is 11.0. The van der Waals surface area contributed by atoms with Gasteiger partial charge < -0.3 is 10.6 Å². The Balaban J connectivity index is 0.00000160. The lowest BCUT2D eigenvalue weighted by atomic mass is 9.96. The van der Waals surface area contributed by atoms with Crippen LogP contribution in [0.25, 0.3) is 0 Å². The summed E-state index contributed by atoms with van der Waals surface area (Å²) in [6, 6.07) is 10.1. The van der Waals surface area contributed by atoms with Gasteiger partial charge in [0.1, 0.15) is 11.6 Å². The van der Waals surface area contributed by atoms with Crippen LogP contribution >= 0.6 is 24.8 Å². The molecule has 164 valence electrons. The molecule has 1 fully saturated rings. The standard InChI is InChI=1S/C22H25F2N3O.2ClH/c23-18-5-1-3-15(11-18)13-27-10-2-4-17(14-27)22(28)26-20-7-6-16-12-25-9-8-19(16)21(20)24;;/h1,3,5-7,11,17,25H,2,4,8-10,12-14H2,(H,26,28);2*1H. The Bertz CT molecular complexity index is 881. The molecule has 2 aromatic rings. The monoisotopic (exact) mass is 457 g/mol. The number of hydrogen-bond acceptors (Lipinski definition) is 3. The number of nitrogens with zero attached hydrogens (tertiary/aromatic N) is 1. The van der Waals surface area contributed by atoms with Crippen molar-refractivity contribution in [3.63, 3.8) is 0 Å². The maximum atomic E-state index is 14.8. The zero-order chi connectivity index (χ0) is 19.5. The first kappa shape index (κ1) is 24.5. The van der Waals surface area contributed by atoms with Crippen molar-refractivity contribution >= 4 is 36.4 Å². The predicted molar refractivity (Wildman–Crippen MR) is 119 cm³/mol. The number of benzene rings is 2. The third kappa shape index (κ3) is 5.70. The minimum absolute atomic E-state index is 0. The van der Waals surface area contributed by atoms with Crippen LogP contribution in [-0.4, -0.2) is 30.4 Å². The Morgan fingerprint density at radius 1 is 1.20 bits per heavy atom. The van der Waals surface area contributed by atoms with E-state index in [2.05, 4.69) is 15.5 Å². The SMILES string of the molecule is Cl.Cl.O=C(Nc1ccc2c(c1F)CCNC2)C1CCCN(Cc2cccc(F)c2)C1.